The summed E-state index contributed by atoms with van der Waals surface area (Å²) in [5, 5.41) is 16.5. The number of aliphatic imine (C=N–C) groups is 1. The lowest BCUT2D eigenvalue weighted by Crippen LogP contribution is -2.32. The topological polar surface area (TPSA) is 261 Å². The molecule has 0 aliphatic heterocycles. The van der Waals surface area contributed by atoms with Gasteiger partial charge in [0.15, 0.2) is 5.96 Å². The standard InChI is InChI=1S/C20H25N7O2.C17H25N3O3.C5H9N5.CH4/c1-13-14(10-22-19(28)29-20(2,3)4)6-7-16(24-13)17-8-9-21-18(26-17)25-15-11-23-27(5)12-15;1-12-13(11-18-16(22)23-17(2,3)4)7-8-14(19-12)15(21)9-10-20(5)6;1-10-3-4(2-8-10)9-5(6)7;/h6-9,11-12H,10H2,1-5H3,(H,22,28)(H,21,25,26);7-10H,11H2,1-6H3,(H,18,22);2-3H,1H3,(H4,6,7,9);1H4/b;10-9+;;. The smallest absolute Gasteiger partial charge is 0.407 e. The first-order valence-corrected chi connectivity index (χ1v) is 19.4. The number of ether oxygens (including phenoxy) is 2. The first-order valence-electron chi connectivity index (χ1n) is 19.4. The number of guanidine groups is 1. The summed E-state index contributed by atoms with van der Waals surface area (Å²) in [6.07, 6.45) is 10.7. The second kappa shape index (κ2) is 23.6. The van der Waals surface area contributed by atoms with Crippen molar-refractivity contribution in [3.8, 4) is 11.4 Å². The number of alkyl carbamates (subject to hydrolysis) is 2. The van der Waals surface area contributed by atoms with E-state index >= 15 is 0 Å². The number of aromatic nitrogens is 8. The quantitative estimate of drug-likeness (QED) is 0.0442. The number of nitrogens with zero attached hydrogens (tertiary/aromatic N) is 10. The van der Waals surface area contributed by atoms with Crippen LogP contribution in [0.4, 0.5) is 26.9 Å². The largest absolute Gasteiger partial charge is 0.444 e. The number of rotatable bonds is 11. The van der Waals surface area contributed by atoms with Gasteiger partial charge < -0.3 is 41.8 Å². The van der Waals surface area contributed by atoms with Gasteiger partial charge in [-0.05, 0) is 84.7 Å². The molecule has 20 nitrogen and oxygen atoms in total. The van der Waals surface area contributed by atoms with E-state index in [4.69, 9.17) is 20.9 Å². The van der Waals surface area contributed by atoms with Crippen molar-refractivity contribution in [1.29, 1.82) is 0 Å². The number of anilines is 2. The lowest BCUT2D eigenvalue weighted by molar-refractivity contribution is 0.0512. The van der Waals surface area contributed by atoms with E-state index in [1.54, 1.807) is 98.2 Å². The first-order chi connectivity index (χ1) is 29.0. The van der Waals surface area contributed by atoms with Crippen LogP contribution in [0.2, 0.25) is 0 Å². The molecular formula is C43H63N15O5. The third kappa shape index (κ3) is 19.7. The van der Waals surface area contributed by atoms with Crippen molar-refractivity contribution >= 4 is 41.3 Å². The van der Waals surface area contributed by atoms with Gasteiger partial charge in [-0.15, -0.1) is 0 Å². The van der Waals surface area contributed by atoms with Crippen LogP contribution in [-0.2, 0) is 36.7 Å². The van der Waals surface area contributed by atoms with Crippen molar-refractivity contribution in [2.75, 3.05) is 19.4 Å². The lowest BCUT2D eigenvalue weighted by atomic mass is 10.1. The number of nitrogens with one attached hydrogen (secondary N) is 3. The summed E-state index contributed by atoms with van der Waals surface area (Å²) in [6, 6.07) is 9.04. The zero-order chi connectivity index (χ0) is 46.2. The Morgan fingerprint density at radius 1 is 0.778 bits per heavy atom. The molecule has 5 rings (SSSR count). The van der Waals surface area contributed by atoms with E-state index in [1.807, 2.05) is 67.2 Å². The summed E-state index contributed by atoms with van der Waals surface area (Å²) >= 11 is 0. The van der Waals surface area contributed by atoms with Crippen LogP contribution in [0.15, 0.2) is 78.6 Å². The Balaban J connectivity index is 0.000000357. The Kier molecular flexibility index (Phi) is 19.4. The van der Waals surface area contributed by atoms with Crippen molar-refractivity contribution in [2.45, 2.75) is 87.1 Å². The van der Waals surface area contributed by atoms with Gasteiger partial charge in [0.05, 0.1) is 35.7 Å². The van der Waals surface area contributed by atoms with Crippen molar-refractivity contribution < 1.29 is 23.9 Å². The molecule has 0 aromatic carbocycles. The van der Waals surface area contributed by atoms with E-state index in [1.165, 1.54) is 6.08 Å². The van der Waals surface area contributed by atoms with Crippen molar-refractivity contribution in [1.82, 2.24) is 55.0 Å². The molecule has 0 saturated carbocycles. The third-order valence-electron chi connectivity index (χ3n) is 7.64. The predicted octanol–water partition coefficient (Wildman–Crippen LogP) is 5.98. The lowest BCUT2D eigenvalue weighted by Gasteiger charge is -2.20. The number of carbonyl (C=O) groups is 3. The van der Waals surface area contributed by atoms with Crippen LogP contribution in [-0.4, -0.2) is 93.6 Å². The molecule has 0 aliphatic carbocycles. The molecule has 0 spiro atoms. The Morgan fingerprint density at radius 3 is 1.79 bits per heavy atom. The summed E-state index contributed by atoms with van der Waals surface area (Å²) < 4.78 is 13.8. The van der Waals surface area contributed by atoms with E-state index in [9.17, 15) is 14.4 Å². The summed E-state index contributed by atoms with van der Waals surface area (Å²) in [6.45, 7) is 15.2. The number of allylic oxidation sites excluding steroid dienone is 1. The number of amides is 2. The first kappa shape index (κ1) is 51.8. The molecule has 63 heavy (non-hydrogen) atoms. The summed E-state index contributed by atoms with van der Waals surface area (Å²) in [7, 11) is 7.32. The maximum atomic E-state index is 12.0. The minimum absolute atomic E-state index is 0. The van der Waals surface area contributed by atoms with Crippen molar-refractivity contribution in [3.63, 3.8) is 0 Å². The van der Waals surface area contributed by atoms with E-state index in [0.717, 1.165) is 28.2 Å². The fourth-order valence-corrected chi connectivity index (χ4v) is 4.89. The highest BCUT2D eigenvalue weighted by Gasteiger charge is 2.18. The molecule has 0 aliphatic rings. The van der Waals surface area contributed by atoms with Crippen LogP contribution in [0, 0.1) is 13.8 Å². The second-order valence-electron chi connectivity index (χ2n) is 15.9. The molecule has 5 aromatic rings. The fraction of sp³-hybridized carbons (Fsp3) is 0.395. The summed E-state index contributed by atoms with van der Waals surface area (Å²) in [5.74, 6) is 0.354. The van der Waals surface area contributed by atoms with E-state index < -0.39 is 23.4 Å². The average Bonchev–Trinajstić information content (AvgIpc) is 3.77. The van der Waals surface area contributed by atoms with Gasteiger partial charge in [-0.1, -0.05) is 19.6 Å². The van der Waals surface area contributed by atoms with Crippen LogP contribution in [0.3, 0.4) is 0 Å². The highest BCUT2D eigenvalue weighted by molar-refractivity contribution is 6.03. The molecule has 5 heterocycles. The highest BCUT2D eigenvalue weighted by Crippen LogP contribution is 2.20. The number of ketones is 1. The van der Waals surface area contributed by atoms with Gasteiger partial charge in [0.1, 0.15) is 22.6 Å². The third-order valence-corrected chi connectivity index (χ3v) is 7.64. The van der Waals surface area contributed by atoms with Crippen molar-refractivity contribution in [2.24, 2.45) is 30.6 Å². The number of hydrogen-bond donors (Lipinski definition) is 5. The number of hydrogen-bond acceptors (Lipinski definition) is 14. The molecule has 0 bridgehead atoms. The Morgan fingerprint density at radius 2 is 1.32 bits per heavy atom. The summed E-state index contributed by atoms with van der Waals surface area (Å²) in [4.78, 5) is 58.7. The number of carbonyl (C=O) groups excluding carboxylic acids is 3. The maximum absolute atomic E-state index is 12.0. The Bertz CT molecular complexity index is 2330. The number of nitrogens with two attached hydrogens (primary N) is 2. The molecule has 0 fully saturated rings. The molecule has 0 unspecified atom stereocenters. The molecule has 0 radical (unpaired) electrons. The van der Waals surface area contributed by atoms with Gasteiger partial charge in [0, 0.05) is 77.3 Å². The average molecular weight is 870 g/mol. The number of aryl methyl sites for hydroxylation is 4. The number of pyridine rings is 2. The fourth-order valence-electron chi connectivity index (χ4n) is 4.89. The molecular weight excluding hydrogens is 807 g/mol. The molecule has 340 valence electrons. The molecule has 7 N–H and O–H groups in total. The normalized spacial score (nSPS) is 10.8. The maximum Gasteiger partial charge on any atom is 0.407 e. The SMILES string of the molecule is C.Cc1nc(-c2ccnc(Nc3cnn(C)c3)n2)ccc1CNC(=O)OC(C)(C)C.Cc1nc(C(=O)/C=C/N(C)C)ccc1CNC(=O)OC(C)(C)C.Cn1cc(N=C(N)N)cn1. The Labute approximate surface area is 369 Å². The van der Waals surface area contributed by atoms with Crippen LogP contribution in [0.1, 0.15) is 82.0 Å². The predicted molar refractivity (Wildman–Crippen MR) is 244 cm³/mol. The van der Waals surface area contributed by atoms with Gasteiger partial charge in [0.2, 0.25) is 11.7 Å². The van der Waals surface area contributed by atoms with Gasteiger partial charge in [0.25, 0.3) is 0 Å². The van der Waals surface area contributed by atoms with E-state index in [-0.39, 0.29) is 19.2 Å². The second-order valence-corrected chi connectivity index (χ2v) is 15.9. The molecule has 2 amide bonds. The minimum atomic E-state index is -0.535. The van der Waals surface area contributed by atoms with Crippen LogP contribution in [0.5, 0.6) is 0 Å². The molecule has 0 atom stereocenters. The molecule has 5 aromatic heterocycles. The van der Waals surface area contributed by atoms with E-state index in [0.29, 0.717) is 41.8 Å². The zero-order valence-corrected chi connectivity index (χ0v) is 37.5. The molecule has 20 heteroatoms. The van der Waals surface area contributed by atoms with Crippen molar-refractivity contribution in [3.05, 3.63) is 102 Å². The van der Waals surface area contributed by atoms with Gasteiger partial charge in [-0.2, -0.15) is 10.2 Å². The summed E-state index contributed by atoms with van der Waals surface area (Å²) in [5.41, 5.74) is 15.7. The van der Waals surface area contributed by atoms with Crippen LogP contribution >= 0.6 is 0 Å². The minimum Gasteiger partial charge on any atom is -0.444 e. The van der Waals surface area contributed by atoms with Crippen LogP contribution < -0.4 is 27.4 Å². The van der Waals surface area contributed by atoms with E-state index in [2.05, 4.69) is 51.1 Å². The molecule has 0 saturated heterocycles. The highest BCUT2D eigenvalue weighted by atomic mass is 16.6. The van der Waals surface area contributed by atoms with Gasteiger partial charge in [-0.25, -0.2) is 29.5 Å². The van der Waals surface area contributed by atoms with Crippen LogP contribution in [0.25, 0.3) is 11.4 Å². The Hall–Kier alpha value is -7.38. The monoisotopic (exact) mass is 870 g/mol. The van der Waals surface area contributed by atoms with Gasteiger partial charge in [-0.3, -0.25) is 19.1 Å². The zero-order valence-electron chi connectivity index (χ0n) is 37.5. The van der Waals surface area contributed by atoms with Gasteiger partial charge >= 0.3 is 12.2 Å².